The largest absolute Gasteiger partial charge is 0.493 e. The molecule has 0 aliphatic rings. The summed E-state index contributed by atoms with van der Waals surface area (Å²) in [5, 5.41) is 6.76. The Hall–Kier alpha value is -4.54. The van der Waals surface area contributed by atoms with Gasteiger partial charge >= 0.3 is 0 Å². The van der Waals surface area contributed by atoms with Crippen molar-refractivity contribution in [3.63, 3.8) is 0 Å². The molecule has 0 atom stereocenters. The molecule has 7 rings (SSSR count). The zero-order valence-corrected chi connectivity index (χ0v) is 21.8. The van der Waals surface area contributed by atoms with Crippen molar-refractivity contribution in [2.75, 3.05) is 14.2 Å². The van der Waals surface area contributed by atoms with Gasteiger partial charge in [0.05, 0.1) is 18.9 Å². The van der Waals surface area contributed by atoms with Gasteiger partial charge in [0, 0.05) is 26.2 Å². The van der Waals surface area contributed by atoms with Crippen LogP contribution in [0.15, 0.2) is 109 Å². The van der Waals surface area contributed by atoms with Crippen molar-refractivity contribution in [3.05, 3.63) is 109 Å². The number of para-hydroxylation sites is 1. The topological polar surface area (TPSA) is 27.7 Å². The van der Waals surface area contributed by atoms with Gasteiger partial charge in [-0.3, -0.25) is 0 Å². The second-order valence-electron chi connectivity index (χ2n) is 9.17. The monoisotopic (exact) mass is 512 g/mol. The summed E-state index contributed by atoms with van der Waals surface area (Å²) in [6.45, 7) is 0. The molecule has 3 nitrogen and oxygen atoms in total. The Morgan fingerprint density at radius 3 is 1.76 bits per heavy atom. The van der Waals surface area contributed by atoms with E-state index in [0.717, 1.165) is 60.4 Å². The van der Waals surface area contributed by atoms with Crippen molar-refractivity contribution in [1.29, 1.82) is 0 Å². The number of benzene rings is 6. The molecular formula is C34H24O3S. The molecule has 0 saturated heterocycles. The number of thiophene rings is 1. The van der Waals surface area contributed by atoms with Gasteiger partial charge in [-0.15, -0.1) is 11.3 Å². The number of ether oxygens (including phenoxy) is 3. The van der Waals surface area contributed by atoms with E-state index in [0.29, 0.717) is 0 Å². The Balaban J connectivity index is 1.66. The van der Waals surface area contributed by atoms with E-state index in [9.17, 15) is 0 Å². The van der Waals surface area contributed by atoms with Gasteiger partial charge in [-0.05, 0) is 46.2 Å². The average Bonchev–Trinajstić information content (AvgIpc) is 3.37. The van der Waals surface area contributed by atoms with Gasteiger partial charge in [0.25, 0.3) is 0 Å². The fourth-order valence-corrected chi connectivity index (χ4v) is 6.74. The number of rotatable bonds is 5. The van der Waals surface area contributed by atoms with Crippen LogP contribution >= 0.6 is 11.3 Å². The van der Waals surface area contributed by atoms with Crippen molar-refractivity contribution in [3.8, 4) is 34.1 Å². The fourth-order valence-electron chi connectivity index (χ4n) is 5.49. The molecule has 0 N–H and O–H groups in total. The van der Waals surface area contributed by atoms with E-state index < -0.39 is 0 Å². The Labute approximate surface area is 224 Å². The molecule has 1 aromatic heterocycles. The summed E-state index contributed by atoms with van der Waals surface area (Å²) < 4.78 is 20.7. The lowest BCUT2D eigenvalue weighted by Crippen LogP contribution is -1.95. The number of hydrogen-bond acceptors (Lipinski definition) is 4. The smallest absolute Gasteiger partial charge is 0.178 e. The number of methoxy groups -OCH3 is 2. The summed E-state index contributed by atoms with van der Waals surface area (Å²) in [4.78, 5) is 0. The molecule has 38 heavy (non-hydrogen) atoms. The third-order valence-electron chi connectivity index (χ3n) is 7.11. The first kappa shape index (κ1) is 22.6. The Morgan fingerprint density at radius 2 is 1.13 bits per heavy atom. The highest BCUT2D eigenvalue weighted by molar-refractivity contribution is 7.26. The van der Waals surface area contributed by atoms with Crippen molar-refractivity contribution < 1.29 is 14.2 Å². The Bertz CT molecular complexity index is 1910. The standard InChI is InChI=1S/C34H24O3S/c1-35-28-20-27(31-26-18-10-11-19-29(26)38-34(31)33(28)36-2)30-22-14-6-8-16-24(22)32(25-17-9-7-15-23(25)30)37-21-12-4-3-5-13-21/h3-20H,1-2H3. The lowest BCUT2D eigenvalue weighted by atomic mass is 9.89. The zero-order chi connectivity index (χ0) is 25.6. The van der Waals surface area contributed by atoms with Crippen molar-refractivity contribution in [1.82, 2.24) is 0 Å². The summed E-state index contributed by atoms with van der Waals surface area (Å²) in [5.41, 5.74) is 2.28. The molecule has 0 amide bonds. The lowest BCUT2D eigenvalue weighted by molar-refractivity contribution is 0.359. The van der Waals surface area contributed by atoms with E-state index in [2.05, 4.69) is 78.9 Å². The highest BCUT2D eigenvalue weighted by Crippen LogP contribution is 2.52. The molecular weight excluding hydrogens is 488 g/mol. The zero-order valence-electron chi connectivity index (χ0n) is 21.0. The van der Waals surface area contributed by atoms with Crippen LogP contribution in [0.2, 0.25) is 0 Å². The van der Waals surface area contributed by atoms with Crippen LogP contribution in [0, 0.1) is 0 Å². The van der Waals surface area contributed by atoms with E-state index in [1.54, 1.807) is 25.6 Å². The number of hydrogen-bond donors (Lipinski definition) is 0. The lowest BCUT2D eigenvalue weighted by Gasteiger charge is -2.19. The molecule has 0 aliphatic carbocycles. The SMILES string of the molecule is COc1cc(-c2c3ccccc3c(Oc3ccccc3)c3ccccc23)c2c(sc3ccccc32)c1OC. The Morgan fingerprint density at radius 1 is 0.553 bits per heavy atom. The molecule has 184 valence electrons. The van der Waals surface area contributed by atoms with Crippen LogP contribution in [0.3, 0.4) is 0 Å². The summed E-state index contributed by atoms with van der Waals surface area (Å²) in [6, 6.07) is 37.7. The molecule has 0 unspecified atom stereocenters. The van der Waals surface area contributed by atoms with Gasteiger partial charge in [0.1, 0.15) is 11.5 Å². The molecule has 0 saturated carbocycles. The third-order valence-corrected chi connectivity index (χ3v) is 8.28. The molecule has 0 aliphatic heterocycles. The first-order valence-electron chi connectivity index (χ1n) is 12.5. The Kier molecular flexibility index (Phi) is 5.41. The molecule has 4 heteroatoms. The van der Waals surface area contributed by atoms with E-state index in [1.165, 1.54) is 15.5 Å². The first-order valence-corrected chi connectivity index (χ1v) is 13.3. The minimum absolute atomic E-state index is 0.722. The second kappa shape index (κ2) is 9.09. The van der Waals surface area contributed by atoms with Gasteiger partial charge in [-0.2, -0.15) is 0 Å². The summed E-state index contributed by atoms with van der Waals surface area (Å²) >= 11 is 1.74. The van der Waals surface area contributed by atoms with E-state index in [4.69, 9.17) is 14.2 Å². The van der Waals surface area contributed by atoms with E-state index in [1.807, 2.05) is 30.3 Å². The molecule has 0 bridgehead atoms. The highest BCUT2D eigenvalue weighted by atomic mass is 32.1. The maximum atomic E-state index is 6.58. The average molecular weight is 513 g/mol. The van der Waals surface area contributed by atoms with Crippen molar-refractivity contribution in [2.24, 2.45) is 0 Å². The van der Waals surface area contributed by atoms with Gasteiger partial charge in [0.15, 0.2) is 11.5 Å². The molecule has 0 fully saturated rings. The predicted octanol–water partition coefficient (Wildman–Crippen LogP) is 9.84. The maximum Gasteiger partial charge on any atom is 0.178 e. The molecule has 6 aromatic carbocycles. The van der Waals surface area contributed by atoms with Crippen LogP contribution in [-0.4, -0.2) is 14.2 Å². The van der Waals surface area contributed by atoms with Crippen LogP contribution in [0.25, 0.3) is 52.8 Å². The van der Waals surface area contributed by atoms with Crippen LogP contribution in [0.1, 0.15) is 0 Å². The van der Waals surface area contributed by atoms with Gasteiger partial charge in [0.2, 0.25) is 0 Å². The normalized spacial score (nSPS) is 11.4. The van der Waals surface area contributed by atoms with Gasteiger partial charge < -0.3 is 14.2 Å². The minimum Gasteiger partial charge on any atom is -0.493 e. The summed E-state index contributed by atoms with van der Waals surface area (Å²) in [6.07, 6.45) is 0. The van der Waals surface area contributed by atoms with E-state index >= 15 is 0 Å². The van der Waals surface area contributed by atoms with Crippen LogP contribution < -0.4 is 14.2 Å². The first-order chi connectivity index (χ1) is 18.8. The van der Waals surface area contributed by atoms with Crippen molar-refractivity contribution >= 4 is 53.1 Å². The quantitative estimate of drug-likeness (QED) is 0.215. The summed E-state index contributed by atoms with van der Waals surface area (Å²) in [7, 11) is 3.41. The highest BCUT2D eigenvalue weighted by Gasteiger charge is 2.23. The van der Waals surface area contributed by atoms with Gasteiger partial charge in [-0.1, -0.05) is 84.9 Å². The fraction of sp³-hybridized carbons (Fsp3) is 0.0588. The molecule has 0 radical (unpaired) electrons. The minimum atomic E-state index is 0.722. The molecule has 0 spiro atoms. The van der Waals surface area contributed by atoms with Crippen LogP contribution in [-0.2, 0) is 0 Å². The predicted molar refractivity (Wildman–Crippen MR) is 159 cm³/mol. The van der Waals surface area contributed by atoms with Crippen LogP contribution in [0.5, 0.6) is 23.0 Å². The molecule has 7 aromatic rings. The van der Waals surface area contributed by atoms with Crippen molar-refractivity contribution in [2.45, 2.75) is 0 Å². The van der Waals surface area contributed by atoms with Gasteiger partial charge in [-0.25, -0.2) is 0 Å². The van der Waals surface area contributed by atoms with E-state index in [-0.39, 0.29) is 0 Å². The third kappa shape index (κ3) is 3.41. The molecule has 1 heterocycles. The summed E-state index contributed by atoms with van der Waals surface area (Å²) in [5.74, 6) is 3.16. The number of fused-ring (bicyclic) bond motifs is 5. The second-order valence-corrected chi connectivity index (χ2v) is 10.2. The maximum absolute atomic E-state index is 6.58. The van der Waals surface area contributed by atoms with Crippen LogP contribution in [0.4, 0.5) is 0 Å².